The zero-order valence-corrected chi connectivity index (χ0v) is 24.5. The summed E-state index contributed by atoms with van der Waals surface area (Å²) in [6, 6.07) is -0.356. The molecule has 198 valence electrons. The van der Waals surface area contributed by atoms with E-state index in [1.54, 1.807) is 26.2 Å². The zero-order chi connectivity index (χ0) is 26.0. The summed E-state index contributed by atoms with van der Waals surface area (Å²) in [6.07, 6.45) is 2.42. The van der Waals surface area contributed by atoms with E-state index in [0.717, 1.165) is 23.7 Å². The van der Waals surface area contributed by atoms with Crippen LogP contribution in [-0.4, -0.2) is 91.1 Å². The van der Waals surface area contributed by atoms with Crippen molar-refractivity contribution in [1.82, 2.24) is 15.1 Å². The molecule has 1 aliphatic rings. The van der Waals surface area contributed by atoms with Crippen molar-refractivity contribution in [1.29, 1.82) is 0 Å². The summed E-state index contributed by atoms with van der Waals surface area (Å²) in [7, 11) is 6.66. The van der Waals surface area contributed by atoms with Gasteiger partial charge >= 0.3 is 0 Å². The molecule has 3 amide bonds. The molecule has 0 aromatic rings. The summed E-state index contributed by atoms with van der Waals surface area (Å²) in [5, 5.41) is 2.68. The van der Waals surface area contributed by atoms with Crippen LogP contribution in [0.2, 0.25) is 0 Å². The van der Waals surface area contributed by atoms with Crippen LogP contribution in [0.15, 0.2) is 0 Å². The number of hydrogen-bond donors (Lipinski definition) is 1. The molecule has 7 unspecified atom stereocenters. The minimum atomic E-state index is -0.412. The normalized spacial score (nSPS) is 21.3. The van der Waals surface area contributed by atoms with E-state index in [4.69, 9.17) is 9.47 Å². The maximum Gasteiger partial charge on any atom is 0.225 e. The first-order valence-corrected chi connectivity index (χ1v) is 14.0. The van der Waals surface area contributed by atoms with Gasteiger partial charge in [0.1, 0.15) is 0 Å². The van der Waals surface area contributed by atoms with E-state index in [-0.39, 0.29) is 54.2 Å². The Morgan fingerprint density at radius 3 is 2.29 bits per heavy atom. The summed E-state index contributed by atoms with van der Waals surface area (Å²) in [5.74, 6) is 0.0734. The fourth-order valence-corrected chi connectivity index (χ4v) is 5.36. The van der Waals surface area contributed by atoms with E-state index in [1.807, 2.05) is 18.9 Å². The lowest BCUT2D eigenvalue weighted by molar-refractivity contribution is -0.146. The molecule has 0 aromatic heterocycles. The van der Waals surface area contributed by atoms with Crippen LogP contribution < -0.4 is 5.32 Å². The molecule has 8 nitrogen and oxygen atoms in total. The Hall–Kier alpha value is -0.940. The van der Waals surface area contributed by atoms with Gasteiger partial charge in [-0.15, -0.1) is 0 Å². The van der Waals surface area contributed by atoms with Crippen LogP contribution in [-0.2, 0) is 23.9 Å². The monoisotopic (exact) mass is 595 g/mol. The van der Waals surface area contributed by atoms with Gasteiger partial charge in [-0.25, -0.2) is 0 Å². The van der Waals surface area contributed by atoms with Gasteiger partial charge in [0.05, 0.1) is 36.6 Å². The second-order valence-electron chi connectivity index (χ2n) is 9.72. The zero-order valence-electron chi connectivity index (χ0n) is 22.3. The molecule has 1 rings (SSSR count). The summed E-state index contributed by atoms with van der Waals surface area (Å²) >= 11 is 2.31. The summed E-state index contributed by atoms with van der Waals surface area (Å²) in [4.78, 5) is 42.4. The number of carbonyl (C=O) groups excluding carboxylic acids is 3. The Kier molecular flexibility index (Phi) is 13.9. The molecule has 9 heteroatoms. The topological polar surface area (TPSA) is 88.2 Å². The van der Waals surface area contributed by atoms with Gasteiger partial charge in [0.2, 0.25) is 17.7 Å². The summed E-state index contributed by atoms with van der Waals surface area (Å²) in [6.45, 7) is 8.75. The molecule has 1 fully saturated rings. The maximum atomic E-state index is 13.5. The van der Waals surface area contributed by atoms with Crippen molar-refractivity contribution in [3.63, 3.8) is 0 Å². The average Bonchev–Trinajstić information content (AvgIpc) is 3.32. The van der Waals surface area contributed by atoms with E-state index < -0.39 is 6.10 Å². The van der Waals surface area contributed by atoms with E-state index >= 15 is 0 Å². The van der Waals surface area contributed by atoms with Crippen LogP contribution in [0.4, 0.5) is 0 Å². The molecule has 0 saturated carbocycles. The van der Waals surface area contributed by atoms with Gasteiger partial charge in [0, 0.05) is 45.7 Å². The Morgan fingerprint density at radius 1 is 1.15 bits per heavy atom. The molecule has 1 aliphatic heterocycles. The van der Waals surface area contributed by atoms with E-state index in [9.17, 15) is 14.4 Å². The van der Waals surface area contributed by atoms with Crippen LogP contribution in [0.25, 0.3) is 0 Å². The van der Waals surface area contributed by atoms with E-state index in [0.29, 0.717) is 18.9 Å². The molecule has 0 aromatic carbocycles. The Labute approximate surface area is 220 Å². The van der Waals surface area contributed by atoms with Gasteiger partial charge in [0.15, 0.2) is 0 Å². The smallest absolute Gasteiger partial charge is 0.225 e. The molecule has 0 aliphatic carbocycles. The van der Waals surface area contributed by atoms with E-state index in [1.165, 1.54) is 0 Å². The first kappa shape index (κ1) is 31.1. The Morgan fingerprint density at radius 2 is 1.79 bits per heavy atom. The molecule has 1 heterocycles. The molecule has 34 heavy (non-hydrogen) atoms. The van der Waals surface area contributed by atoms with Crippen molar-refractivity contribution in [3.8, 4) is 0 Å². The Bertz CT molecular complexity index is 664. The average molecular weight is 596 g/mol. The maximum absolute atomic E-state index is 13.5. The van der Waals surface area contributed by atoms with Gasteiger partial charge in [-0.05, 0) is 24.7 Å². The van der Waals surface area contributed by atoms with Crippen molar-refractivity contribution in [2.75, 3.05) is 39.3 Å². The number of methoxy groups -OCH3 is 2. The number of carbonyl (C=O) groups is 3. The number of alkyl halides is 1. The molecule has 0 spiro atoms. The van der Waals surface area contributed by atoms with Crippen LogP contribution in [0.5, 0.6) is 0 Å². The number of halogens is 1. The van der Waals surface area contributed by atoms with Gasteiger partial charge in [-0.3, -0.25) is 14.4 Å². The molecule has 0 bridgehead atoms. The number of nitrogens with one attached hydrogen (secondary N) is 1. The van der Waals surface area contributed by atoms with Gasteiger partial charge in [0.25, 0.3) is 0 Å². The van der Waals surface area contributed by atoms with Crippen molar-refractivity contribution >= 4 is 40.3 Å². The van der Waals surface area contributed by atoms with Crippen LogP contribution >= 0.6 is 22.6 Å². The number of likely N-dealkylation sites (N-methyl/N-ethyl adjacent to an activating group) is 1. The lowest BCUT2D eigenvalue weighted by atomic mass is 9.90. The summed E-state index contributed by atoms with van der Waals surface area (Å²) < 4.78 is 12.5. The number of rotatable bonds is 14. The highest BCUT2D eigenvalue weighted by Crippen LogP contribution is 2.29. The molecule has 7 atom stereocenters. The highest BCUT2D eigenvalue weighted by atomic mass is 127. The molecule has 0 radical (unpaired) electrons. The SMILES string of the molecule is CCC(C)C(C(CC(=O)N1CCCC1C(OC)C(C)C(=O)NC)OC)N(C)C(=O)CC(C)CI. The van der Waals surface area contributed by atoms with Crippen molar-refractivity contribution in [2.45, 2.75) is 84.1 Å². The number of likely N-dealkylation sites (tertiary alicyclic amines) is 1. The number of amides is 3. The second-order valence-corrected chi connectivity index (χ2v) is 10.6. The lowest BCUT2D eigenvalue weighted by Gasteiger charge is -2.39. The fraction of sp³-hybridized carbons (Fsp3) is 0.880. The lowest BCUT2D eigenvalue weighted by Crippen LogP contribution is -2.53. The third-order valence-corrected chi connectivity index (χ3v) is 8.84. The van der Waals surface area contributed by atoms with Gasteiger partial charge < -0.3 is 24.6 Å². The molecular formula is C25H46IN3O5. The third kappa shape index (κ3) is 8.05. The van der Waals surface area contributed by atoms with Crippen molar-refractivity contribution in [2.24, 2.45) is 17.8 Å². The predicted octanol–water partition coefficient (Wildman–Crippen LogP) is 3.11. The molecular weight excluding hydrogens is 549 g/mol. The number of hydrogen-bond acceptors (Lipinski definition) is 5. The predicted molar refractivity (Wildman–Crippen MR) is 143 cm³/mol. The second kappa shape index (κ2) is 15.2. The van der Waals surface area contributed by atoms with Crippen LogP contribution in [0.1, 0.15) is 59.8 Å². The van der Waals surface area contributed by atoms with Crippen LogP contribution in [0, 0.1) is 17.8 Å². The highest BCUT2D eigenvalue weighted by Gasteiger charge is 2.41. The summed E-state index contributed by atoms with van der Waals surface area (Å²) in [5.41, 5.74) is 0. The molecule has 1 saturated heterocycles. The molecule has 1 N–H and O–H groups in total. The first-order chi connectivity index (χ1) is 16.1. The van der Waals surface area contributed by atoms with Crippen molar-refractivity contribution < 1.29 is 23.9 Å². The first-order valence-electron chi connectivity index (χ1n) is 12.5. The van der Waals surface area contributed by atoms with Gasteiger partial charge in [-0.1, -0.05) is 56.7 Å². The van der Waals surface area contributed by atoms with Crippen molar-refractivity contribution in [3.05, 3.63) is 0 Å². The van der Waals surface area contributed by atoms with Crippen LogP contribution in [0.3, 0.4) is 0 Å². The standard InChI is InChI=1S/C25H46IN3O5/c1-9-17(3)23(28(6)21(30)13-16(2)15-26)20(33-7)14-22(31)29-12-10-11-19(29)24(34-8)18(4)25(32)27-5/h16-20,23-24H,9-15H2,1-8H3,(H,27,32). The number of nitrogens with zero attached hydrogens (tertiary/aromatic N) is 2. The largest absolute Gasteiger partial charge is 0.379 e. The minimum absolute atomic E-state index is 0.0183. The fourth-order valence-electron chi connectivity index (χ4n) is 5.05. The highest BCUT2D eigenvalue weighted by molar-refractivity contribution is 14.1. The minimum Gasteiger partial charge on any atom is -0.379 e. The number of ether oxygens (including phenoxy) is 2. The third-order valence-electron chi connectivity index (χ3n) is 7.34. The quantitative estimate of drug-likeness (QED) is 0.247. The van der Waals surface area contributed by atoms with E-state index in [2.05, 4.69) is 48.7 Å². The Balaban J connectivity index is 3.07. The van der Waals surface area contributed by atoms with Gasteiger partial charge in [-0.2, -0.15) is 0 Å².